The summed E-state index contributed by atoms with van der Waals surface area (Å²) in [7, 11) is 0. The molecule has 0 saturated heterocycles. The van der Waals surface area contributed by atoms with Crippen LogP contribution in [0.2, 0.25) is 5.02 Å². The molecule has 0 unspecified atom stereocenters. The summed E-state index contributed by atoms with van der Waals surface area (Å²) < 4.78 is 13.1. The molecule has 110 valence electrons. The van der Waals surface area contributed by atoms with E-state index in [4.69, 9.17) is 26.8 Å². The van der Waals surface area contributed by atoms with Crippen LogP contribution >= 0.6 is 11.6 Å². The Balaban J connectivity index is 2.05. The average molecular weight is 306 g/mol. The molecule has 2 N–H and O–H groups in total. The SMILES string of the molecule is C=CCn1cnc(-c2cc(Cl)c3c(c2)OCCCO3)c1N. The molecule has 0 aliphatic carbocycles. The number of ether oxygens (including phenoxy) is 2. The minimum absolute atomic E-state index is 0.502. The molecule has 2 heterocycles. The summed E-state index contributed by atoms with van der Waals surface area (Å²) in [4.78, 5) is 4.35. The van der Waals surface area contributed by atoms with Crippen molar-refractivity contribution in [2.24, 2.45) is 0 Å². The fourth-order valence-corrected chi connectivity index (χ4v) is 2.53. The summed E-state index contributed by atoms with van der Waals surface area (Å²) >= 11 is 6.29. The molecule has 6 heteroatoms. The summed E-state index contributed by atoms with van der Waals surface area (Å²) in [6.45, 7) is 5.51. The van der Waals surface area contributed by atoms with Crippen LogP contribution in [0.3, 0.4) is 0 Å². The number of anilines is 1. The molecule has 0 fully saturated rings. The van der Waals surface area contributed by atoms with E-state index in [1.165, 1.54) is 0 Å². The lowest BCUT2D eigenvalue weighted by Gasteiger charge is -2.11. The number of allylic oxidation sites excluding steroid dienone is 1. The summed E-state index contributed by atoms with van der Waals surface area (Å²) in [6.07, 6.45) is 4.28. The number of hydrogen-bond donors (Lipinski definition) is 1. The van der Waals surface area contributed by atoms with Gasteiger partial charge in [0.1, 0.15) is 11.5 Å². The third-order valence-corrected chi connectivity index (χ3v) is 3.56. The van der Waals surface area contributed by atoms with E-state index in [0.29, 0.717) is 47.8 Å². The molecule has 1 aliphatic rings. The Hall–Kier alpha value is -2.14. The Morgan fingerprint density at radius 2 is 2.19 bits per heavy atom. The smallest absolute Gasteiger partial charge is 0.179 e. The monoisotopic (exact) mass is 305 g/mol. The van der Waals surface area contributed by atoms with E-state index >= 15 is 0 Å². The van der Waals surface area contributed by atoms with Crippen LogP contribution in [0, 0.1) is 0 Å². The van der Waals surface area contributed by atoms with Crippen LogP contribution in [0.1, 0.15) is 6.42 Å². The highest BCUT2D eigenvalue weighted by Crippen LogP contribution is 2.41. The number of nitrogen functional groups attached to an aromatic ring is 1. The van der Waals surface area contributed by atoms with Gasteiger partial charge in [0.05, 0.1) is 24.6 Å². The van der Waals surface area contributed by atoms with Gasteiger partial charge in [0.2, 0.25) is 0 Å². The highest BCUT2D eigenvalue weighted by atomic mass is 35.5. The maximum atomic E-state index is 6.29. The van der Waals surface area contributed by atoms with Crippen LogP contribution in [-0.4, -0.2) is 22.8 Å². The summed E-state index contributed by atoms with van der Waals surface area (Å²) in [5.41, 5.74) is 7.60. The zero-order chi connectivity index (χ0) is 14.8. The van der Waals surface area contributed by atoms with Gasteiger partial charge < -0.3 is 19.8 Å². The van der Waals surface area contributed by atoms with Gasteiger partial charge >= 0.3 is 0 Å². The van der Waals surface area contributed by atoms with Crippen LogP contribution < -0.4 is 15.2 Å². The van der Waals surface area contributed by atoms with E-state index in [2.05, 4.69) is 11.6 Å². The first-order valence-corrected chi connectivity index (χ1v) is 7.09. The van der Waals surface area contributed by atoms with Gasteiger partial charge in [0.25, 0.3) is 0 Å². The van der Waals surface area contributed by atoms with Gasteiger partial charge in [-0.15, -0.1) is 6.58 Å². The predicted octanol–water partition coefficient (Wildman–Crippen LogP) is 3.13. The second-order valence-corrected chi connectivity index (χ2v) is 5.16. The lowest BCUT2D eigenvalue weighted by Crippen LogP contribution is -2.00. The number of rotatable bonds is 3. The van der Waals surface area contributed by atoms with E-state index < -0.39 is 0 Å². The number of nitrogens with two attached hydrogens (primary N) is 1. The average Bonchev–Trinajstić information content (AvgIpc) is 2.69. The normalized spacial score (nSPS) is 13.8. The fraction of sp³-hybridized carbons (Fsp3) is 0.267. The van der Waals surface area contributed by atoms with Gasteiger partial charge in [-0.25, -0.2) is 4.98 Å². The van der Waals surface area contributed by atoms with Crippen molar-refractivity contribution >= 4 is 17.4 Å². The Bertz CT molecular complexity index is 682. The summed E-state index contributed by atoms with van der Waals surface area (Å²) in [5, 5.41) is 0.502. The molecule has 1 aromatic carbocycles. The Kier molecular flexibility index (Phi) is 3.75. The molecule has 0 bridgehead atoms. The first-order valence-electron chi connectivity index (χ1n) is 6.71. The lowest BCUT2D eigenvalue weighted by molar-refractivity contribution is 0.297. The largest absolute Gasteiger partial charge is 0.489 e. The number of hydrogen-bond acceptors (Lipinski definition) is 4. The molecule has 1 aliphatic heterocycles. The third-order valence-electron chi connectivity index (χ3n) is 3.28. The fourth-order valence-electron chi connectivity index (χ4n) is 2.27. The van der Waals surface area contributed by atoms with E-state index in [1.54, 1.807) is 18.5 Å². The predicted molar refractivity (Wildman–Crippen MR) is 82.9 cm³/mol. The standard InChI is InChI=1S/C15H16ClN3O2/c1-2-4-19-9-18-13(15(19)17)10-7-11(16)14-12(8-10)20-5-3-6-21-14/h2,7-9H,1,3-6,17H2. The van der Waals surface area contributed by atoms with Crippen molar-refractivity contribution in [3.05, 3.63) is 36.1 Å². The van der Waals surface area contributed by atoms with E-state index in [-0.39, 0.29) is 0 Å². The molecule has 0 saturated carbocycles. The van der Waals surface area contributed by atoms with Gasteiger partial charge in [-0.2, -0.15) is 0 Å². The molecular formula is C15H16ClN3O2. The van der Waals surface area contributed by atoms with Crippen molar-refractivity contribution in [2.75, 3.05) is 18.9 Å². The number of imidazole rings is 1. The van der Waals surface area contributed by atoms with Crippen LogP contribution in [0.5, 0.6) is 11.5 Å². The second kappa shape index (κ2) is 5.69. The number of aromatic nitrogens is 2. The molecule has 0 amide bonds. The number of benzene rings is 1. The highest BCUT2D eigenvalue weighted by Gasteiger charge is 2.18. The molecule has 0 spiro atoms. The van der Waals surface area contributed by atoms with Crippen molar-refractivity contribution < 1.29 is 9.47 Å². The highest BCUT2D eigenvalue weighted by molar-refractivity contribution is 6.32. The number of fused-ring (bicyclic) bond motifs is 1. The van der Waals surface area contributed by atoms with Crippen molar-refractivity contribution in [2.45, 2.75) is 13.0 Å². The van der Waals surface area contributed by atoms with E-state index in [0.717, 1.165) is 12.0 Å². The topological polar surface area (TPSA) is 62.3 Å². The Morgan fingerprint density at radius 1 is 1.38 bits per heavy atom. The zero-order valence-electron chi connectivity index (χ0n) is 11.5. The Labute approximate surface area is 127 Å². The lowest BCUT2D eigenvalue weighted by atomic mass is 10.1. The van der Waals surface area contributed by atoms with Crippen molar-refractivity contribution in [1.29, 1.82) is 0 Å². The van der Waals surface area contributed by atoms with Gasteiger partial charge in [-0.1, -0.05) is 17.7 Å². The number of halogens is 1. The van der Waals surface area contributed by atoms with Crippen LogP contribution in [0.4, 0.5) is 5.82 Å². The zero-order valence-corrected chi connectivity index (χ0v) is 12.3. The van der Waals surface area contributed by atoms with E-state index in [9.17, 15) is 0 Å². The Morgan fingerprint density at radius 3 is 3.00 bits per heavy atom. The summed E-state index contributed by atoms with van der Waals surface area (Å²) in [6, 6.07) is 3.66. The molecular weight excluding hydrogens is 290 g/mol. The molecule has 3 rings (SSSR count). The van der Waals surface area contributed by atoms with E-state index in [1.807, 2.05) is 10.6 Å². The molecule has 0 radical (unpaired) electrons. The first kappa shape index (κ1) is 13.8. The molecule has 5 nitrogen and oxygen atoms in total. The third kappa shape index (κ3) is 2.56. The quantitative estimate of drug-likeness (QED) is 0.885. The van der Waals surface area contributed by atoms with Crippen molar-refractivity contribution in [1.82, 2.24) is 9.55 Å². The van der Waals surface area contributed by atoms with Crippen molar-refractivity contribution in [3.8, 4) is 22.8 Å². The van der Waals surface area contributed by atoms with Crippen LogP contribution in [-0.2, 0) is 6.54 Å². The van der Waals surface area contributed by atoms with Crippen LogP contribution in [0.15, 0.2) is 31.1 Å². The number of nitrogens with zero attached hydrogens (tertiary/aromatic N) is 2. The maximum Gasteiger partial charge on any atom is 0.179 e. The second-order valence-electron chi connectivity index (χ2n) is 4.76. The van der Waals surface area contributed by atoms with Gasteiger partial charge in [0, 0.05) is 18.5 Å². The minimum atomic E-state index is 0.502. The van der Waals surface area contributed by atoms with Gasteiger partial charge in [-0.3, -0.25) is 0 Å². The molecule has 1 aromatic heterocycles. The molecule has 0 atom stereocenters. The summed E-state index contributed by atoms with van der Waals surface area (Å²) in [5.74, 6) is 1.79. The van der Waals surface area contributed by atoms with Gasteiger partial charge in [-0.05, 0) is 12.1 Å². The first-order chi connectivity index (χ1) is 10.2. The van der Waals surface area contributed by atoms with Gasteiger partial charge in [0.15, 0.2) is 11.5 Å². The molecule has 2 aromatic rings. The minimum Gasteiger partial charge on any atom is -0.489 e. The maximum absolute atomic E-state index is 6.29. The van der Waals surface area contributed by atoms with Crippen molar-refractivity contribution in [3.63, 3.8) is 0 Å². The van der Waals surface area contributed by atoms with Crippen LogP contribution in [0.25, 0.3) is 11.3 Å². The molecule has 21 heavy (non-hydrogen) atoms.